The molecular formula is C17H18O5. The molecule has 5 nitrogen and oxygen atoms in total. The highest BCUT2D eigenvalue weighted by Crippen LogP contribution is 2.42. The van der Waals surface area contributed by atoms with Gasteiger partial charge in [-0.25, -0.2) is 0 Å². The molecule has 0 aliphatic heterocycles. The summed E-state index contributed by atoms with van der Waals surface area (Å²) in [5.41, 5.74) is 1.08. The molecule has 0 heterocycles. The number of ether oxygens (including phenoxy) is 3. The molecule has 0 fully saturated rings. The summed E-state index contributed by atoms with van der Waals surface area (Å²) in [4.78, 5) is 23.5. The van der Waals surface area contributed by atoms with Crippen molar-refractivity contribution >= 4 is 22.5 Å². The third kappa shape index (κ3) is 2.62. The van der Waals surface area contributed by atoms with E-state index in [0.29, 0.717) is 28.0 Å². The van der Waals surface area contributed by atoms with E-state index in [0.717, 1.165) is 5.39 Å². The van der Waals surface area contributed by atoms with Gasteiger partial charge in [-0.2, -0.15) is 0 Å². The number of carbonyl (C=O) groups is 2. The molecule has 0 N–H and O–H groups in total. The smallest absolute Gasteiger partial charge is 0.308 e. The summed E-state index contributed by atoms with van der Waals surface area (Å²) in [5, 5.41) is 1.27. The zero-order valence-electron chi connectivity index (χ0n) is 13.3. The second-order valence-electron chi connectivity index (χ2n) is 4.94. The molecule has 0 amide bonds. The Morgan fingerprint density at radius 1 is 1.00 bits per heavy atom. The predicted octanol–water partition coefficient (Wildman–Crippen LogP) is 3.29. The van der Waals surface area contributed by atoms with E-state index in [1.54, 1.807) is 26.2 Å². The summed E-state index contributed by atoms with van der Waals surface area (Å²) in [6, 6.07) is 5.32. The lowest BCUT2D eigenvalue weighted by molar-refractivity contribution is -0.131. The Kier molecular flexibility index (Phi) is 4.35. The highest BCUT2D eigenvalue weighted by molar-refractivity contribution is 6.09. The van der Waals surface area contributed by atoms with E-state index in [1.165, 1.54) is 21.0 Å². The van der Waals surface area contributed by atoms with Crippen LogP contribution in [0.15, 0.2) is 18.2 Å². The molecular weight excluding hydrogens is 284 g/mol. The van der Waals surface area contributed by atoms with Crippen molar-refractivity contribution in [3.05, 3.63) is 29.3 Å². The minimum Gasteiger partial charge on any atom is -0.496 e. The minimum absolute atomic E-state index is 0.180. The monoisotopic (exact) mass is 302 g/mol. The van der Waals surface area contributed by atoms with E-state index in [-0.39, 0.29) is 11.5 Å². The van der Waals surface area contributed by atoms with Crippen LogP contribution in [-0.4, -0.2) is 26.0 Å². The minimum atomic E-state index is -0.501. The molecule has 0 bridgehead atoms. The van der Waals surface area contributed by atoms with Gasteiger partial charge >= 0.3 is 5.97 Å². The first-order valence-corrected chi connectivity index (χ1v) is 6.78. The number of ketones is 1. The van der Waals surface area contributed by atoms with E-state index >= 15 is 0 Å². The van der Waals surface area contributed by atoms with Crippen LogP contribution in [0.4, 0.5) is 0 Å². The summed E-state index contributed by atoms with van der Waals surface area (Å²) in [5.74, 6) is 0.655. The van der Waals surface area contributed by atoms with Crippen LogP contribution in [0.5, 0.6) is 17.2 Å². The van der Waals surface area contributed by atoms with Crippen molar-refractivity contribution in [2.75, 3.05) is 14.2 Å². The highest BCUT2D eigenvalue weighted by Gasteiger charge is 2.22. The van der Waals surface area contributed by atoms with Crippen molar-refractivity contribution in [1.82, 2.24) is 0 Å². The van der Waals surface area contributed by atoms with Crippen LogP contribution < -0.4 is 14.2 Å². The fourth-order valence-corrected chi connectivity index (χ4v) is 2.58. The number of hydrogen-bond donors (Lipinski definition) is 0. The van der Waals surface area contributed by atoms with Gasteiger partial charge in [-0.1, -0.05) is 0 Å². The number of Topliss-reactive ketones (excluding diaryl/α,β-unsaturated/α-hetero) is 1. The van der Waals surface area contributed by atoms with Crippen molar-refractivity contribution in [2.45, 2.75) is 20.8 Å². The Balaban J connectivity index is 3.01. The van der Waals surface area contributed by atoms with Gasteiger partial charge in [0.05, 0.1) is 25.2 Å². The van der Waals surface area contributed by atoms with Crippen LogP contribution in [-0.2, 0) is 4.79 Å². The van der Waals surface area contributed by atoms with Crippen LogP contribution in [0.1, 0.15) is 29.8 Å². The molecule has 22 heavy (non-hydrogen) atoms. The van der Waals surface area contributed by atoms with Gasteiger partial charge in [-0.05, 0) is 37.6 Å². The second-order valence-corrected chi connectivity index (χ2v) is 4.94. The number of carbonyl (C=O) groups excluding carboxylic acids is 2. The molecule has 0 saturated heterocycles. The molecule has 116 valence electrons. The number of esters is 1. The molecule has 0 aromatic heterocycles. The lowest BCUT2D eigenvalue weighted by Gasteiger charge is -2.17. The van der Waals surface area contributed by atoms with E-state index < -0.39 is 5.97 Å². The van der Waals surface area contributed by atoms with Gasteiger partial charge in [0, 0.05) is 12.3 Å². The summed E-state index contributed by atoms with van der Waals surface area (Å²) in [6.45, 7) is 4.53. The molecule has 0 spiro atoms. The Hall–Kier alpha value is -2.56. The third-order valence-corrected chi connectivity index (χ3v) is 3.41. The first-order valence-electron chi connectivity index (χ1n) is 6.78. The Labute approximate surface area is 128 Å². The van der Waals surface area contributed by atoms with Gasteiger partial charge in [0.15, 0.2) is 11.5 Å². The van der Waals surface area contributed by atoms with Crippen molar-refractivity contribution in [1.29, 1.82) is 0 Å². The third-order valence-electron chi connectivity index (χ3n) is 3.41. The van der Waals surface area contributed by atoms with Gasteiger partial charge in [-0.3, -0.25) is 9.59 Å². The average molecular weight is 302 g/mol. The van der Waals surface area contributed by atoms with Crippen LogP contribution >= 0.6 is 0 Å². The average Bonchev–Trinajstić information content (AvgIpc) is 2.44. The molecule has 0 aliphatic carbocycles. The number of aryl methyl sites for hydroxylation is 1. The Morgan fingerprint density at radius 2 is 1.59 bits per heavy atom. The highest BCUT2D eigenvalue weighted by atomic mass is 16.5. The second kappa shape index (κ2) is 6.05. The fourth-order valence-electron chi connectivity index (χ4n) is 2.58. The standard InChI is InChI=1S/C17H18O5/c1-9-8-12-13(20-4)6-7-14(21-5)16(12)17(22-11(3)19)15(9)10(2)18/h6-8H,1-5H3. The maximum absolute atomic E-state index is 12.0. The van der Waals surface area contributed by atoms with Gasteiger partial charge in [0.2, 0.25) is 0 Å². The Bertz CT molecular complexity index is 761. The molecule has 0 saturated carbocycles. The normalized spacial score (nSPS) is 10.4. The summed E-state index contributed by atoms with van der Waals surface area (Å²) >= 11 is 0. The predicted molar refractivity (Wildman–Crippen MR) is 83.1 cm³/mol. The molecule has 2 aromatic carbocycles. The maximum atomic E-state index is 12.0. The quantitative estimate of drug-likeness (QED) is 0.492. The molecule has 0 radical (unpaired) electrons. The Morgan fingerprint density at radius 3 is 2.09 bits per heavy atom. The molecule has 2 aromatic rings. The maximum Gasteiger partial charge on any atom is 0.308 e. The zero-order chi connectivity index (χ0) is 16.4. The number of benzene rings is 2. The summed E-state index contributed by atoms with van der Waals surface area (Å²) in [6.07, 6.45) is 0. The number of methoxy groups -OCH3 is 2. The summed E-state index contributed by atoms with van der Waals surface area (Å²) < 4.78 is 16.1. The van der Waals surface area contributed by atoms with Gasteiger partial charge in [0.25, 0.3) is 0 Å². The van der Waals surface area contributed by atoms with E-state index in [2.05, 4.69) is 0 Å². The van der Waals surface area contributed by atoms with Crippen LogP contribution in [0, 0.1) is 6.92 Å². The first-order chi connectivity index (χ1) is 10.4. The number of hydrogen-bond acceptors (Lipinski definition) is 5. The molecule has 0 aliphatic rings. The molecule has 5 heteroatoms. The SMILES string of the molecule is COc1ccc(OC)c2c(OC(C)=O)c(C(C)=O)c(C)cc12. The van der Waals surface area contributed by atoms with E-state index in [1.807, 2.05) is 6.07 Å². The van der Waals surface area contributed by atoms with E-state index in [9.17, 15) is 9.59 Å². The number of rotatable bonds is 4. The van der Waals surface area contributed by atoms with E-state index in [4.69, 9.17) is 14.2 Å². The van der Waals surface area contributed by atoms with Gasteiger partial charge in [0.1, 0.15) is 11.5 Å². The van der Waals surface area contributed by atoms with Crippen LogP contribution in [0.3, 0.4) is 0 Å². The molecule has 0 atom stereocenters. The van der Waals surface area contributed by atoms with Crippen molar-refractivity contribution < 1.29 is 23.8 Å². The van der Waals surface area contributed by atoms with Crippen LogP contribution in [0.2, 0.25) is 0 Å². The van der Waals surface area contributed by atoms with Crippen molar-refractivity contribution in [3.8, 4) is 17.2 Å². The van der Waals surface area contributed by atoms with Gasteiger partial charge in [-0.15, -0.1) is 0 Å². The summed E-state index contributed by atoms with van der Waals surface area (Å²) in [7, 11) is 3.08. The topological polar surface area (TPSA) is 61.8 Å². The number of fused-ring (bicyclic) bond motifs is 1. The first kappa shape index (κ1) is 15.8. The zero-order valence-corrected chi connectivity index (χ0v) is 13.3. The van der Waals surface area contributed by atoms with Crippen LogP contribution in [0.25, 0.3) is 10.8 Å². The lowest BCUT2D eigenvalue weighted by atomic mass is 9.96. The molecule has 0 unspecified atom stereocenters. The fraction of sp³-hybridized carbons (Fsp3) is 0.294. The van der Waals surface area contributed by atoms with Crippen molar-refractivity contribution in [2.24, 2.45) is 0 Å². The largest absolute Gasteiger partial charge is 0.496 e. The molecule has 2 rings (SSSR count). The van der Waals surface area contributed by atoms with Gasteiger partial charge < -0.3 is 14.2 Å². The lowest BCUT2D eigenvalue weighted by Crippen LogP contribution is -2.09. The van der Waals surface area contributed by atoms with Crippen molar-refractivity contribution in [3.63, 3.8) is 0 Å².